The third kappa shape index (κ3) is 3.42. The van der Waals surface area contributed by atoms with E-state index in [2.05, 4.69) is 34.5 Å². The highest BCUT2D eigenvalue weighted by atomic mass is 19.1. The second-order valence-corrected chi connectivity index (χ2v) is 5.90. The predicted octanol–water partition coefficient (Wildman–Crippen LogP) is 3.81. The molecule has 0 unspecified atom stereocenters. The van der Waals surface area contributed by atoms with Crippen molar-refractivity contribution < 1.29 is 4.39 Å². The molecule has 3 rings (SSSR count). The van der Waals surface area contributed by atoms with Crippen molar-refractivity contribution in [2.45, 2.75) is 25.4 Å². The Bertz CT molecular complexity index is 616. The zero-order valence-corrected chi connectivity index (χ0v) is 12.6. The fraction of sp³-hybridized carbons (Fsp3) is 0.333. The van der Waals surface area contributed by atoms with E-state index in [4.69, 9.17) is 0 Å². The van der Waals surface area contributed by atoms with E-state index in [1.165, 1.54) is 12.8 Å². The van der Waals surface area contributed by atoms with Crippen LogP contribution in [0.15, 0.2) is 42.5 Å². The zero-order valence-electron chi connectivity index (χ0n) is 12.6. The standard InChI is InChI=1S/C18H21FN2/c1-21(2)17-9-4-13(5-10-17)18-11-15(19)6-3-14(18)12-20-16-7-8-16/h3-6,9-11,16,20H,7-8,12H2,1-2H3. The smallest absolute Gasteiger partial charge is 0.123 e. The van der Waals surface area contributed by atoms with E-state index in [0.29, 0.717) is 6.04 Å². The molecule has 0 atom stereocenters. The molecule has 1 saturated carbocycles. The topological polar surface area (TPSA) is 15.3 Å². The Morgan fingerprint density at radius 3 is 2.43 bits per heavy atom. The molecule has 0 amide bonds. The van der Waals surface area contributed by atoms with Crippen LogP contribution in [0.3, 0.4) is 0 Å². The lowest BCUT2D eigenvalue weighted by Crippen LogP contribution is -2.16. The van der Waals surface area contributed by atoms with Crippen LogP contribution in [-0.4, -0.2) is 20.1 Å². The molecule has 1 aliphatic rings. The summed E-state index contributed by atoms with van der Waals surface area (Å²) in [6, 6.07) is 14.0. The van der Waals surface area contributed by atoms with Crippen LogP contribution in [-0.2, 0) is 6.54 Å². The first-order valence-electron chi connectivity index (χ1n) is 7.43. The van der Waals surface area contributed by atoms with E-state index in [-0.39, 0.29) is 5.82 Å². The zero-order chi connectivity index (χ0) is 14.8. The highest BCUT2D eigenvalue weighted by molar-refractivity contribution is 5.69. The first-order chi connectivity index (χ1) is 10.1. The number of halogens is 1. The maximum atomic E-state index is 13.6. The molecule has 110 valence electrons. The van der Waals surface area contributed by atoms with Gasteiger partial charge in [-0.15, -0.1) is 0 Å². The van der Waals surface area contributed by atoms with Gasteiger partial charge < -0.3 is 10.2 Å². The van der Waals surface area contributed by atoms with Gasteiger partial charge in [0.25, 0.3) is 0 Å². The van der Waals surface area contributed by atoms with Crippen LogP contribution in [0.1, 0.15) is 18.4 Å². The van der Waals surface area contributed by atoms with Gasteiger partial charge in [-0.3, -0.25) is 0 Å². The minimum absolute atomic E-state index is 0.183. The first-order valence-corrected chi connectivity index (χ1v) is 7.43. The summed E-state index contributed by atoms with van der Waals surface area (Å²) in [5.41, 5.74) is 4.34. The third-order valence-corrected chi connectivity index (χ3v) is 3.93. The van der Waals surface area contributed by atoms with Crippen LogP contribution >= 0.6 is 0 Å². The van der Waals surface area contributed by atoms with Gasteiger partial charge >= 0.3 is 0 Å². The molecule has 2 nitrogen and oxygen atoms in total. The minimum Gasteiger partial charge on any atom is -0.378 e. The summed E-state index contributed by atoms with van der Waals surface area (Å²) in [6.07, 6.45) is 2.52. The molecule has 1 N–H and O–H groups in total. The molecule has 2 aromatic carbocycles. The van der Waals surface area contributed by atoms with Gasteiger partial charge in [0, 0.05) is 32.4 Å². The molecule has 0 aromatic heterocycles. The maximum absolute atomic E-state index is 13.6. The number of rotatable bonds is 5. The van der Waals surface area contributed by atoms with E-state index in [0.717, 1.165) is 28.9 Å². The summed E-state index contributed by atoms with van der Waals surface area (Å²) in [6.45, 7) is 0.801. The van der Waals surface area contributed by atoms with Crippen LogP contribution in [0, 0.1) is 5.82 Å². The SMILES string of the molecule is CN(C)c1ccc(-c2cc(F)ccc2CNC2CC2)cc1. The van der Waals surface area contributed by atoms with Gasteiger partial charge in [0.05, 0.1) is 0 Å². The average molecular weight is 284 g/mol. The monoisotopic (exact) mass is 284 g/mol. The van der Waals surface area contributed by atoms with Gasteiger partial charge in [-0.25, -0.2) is 4.39 Å². The summed E-state index contributed by atoms with van der Waals surface area (Å²) < 4.78 is 13.6. The Morgan fingerprint density at radius 2 is 1.81 bits per heavy atom. The van der Waals surface area contributed by atoms with E-state index >= 15 is 0 Å². The van der Waals surface area contributed by atoms with Crippen LogP contribution in [0.2, 0.25) is 0 Å². The number of anilines is 1. The molecule has 1 aliphatic carbocycles. The fourth-order valence-electron chi connectivity index (χ4n) is 2.45. The molecule has 21 heavy (non-hydrogen) atoms. The van der Waals surface area contributed by atoms with Gasteiger partial charge in [-0.1, -0.05) is 18.2 Å². The van der Waals surface area contributed by atoms with Crippen molar-refractivity contribution in [2.24, 2.45) is 0 Å². The van der Waals surface area contributed by atoms with Crippen LogP contribution in [0.25, 0.3) is 11.1 Å². The van der Waals surface area contributed by atoms with Crippen molar-refractivity contribution in [3.05, 3.63) is 53.8 Å². The fourth-order valence-corrected chi connectivity index (χ4v) is 2.45. The Kier molecular flexibility index (Phi) is 3.93. The van der Waals surface area contributed by atoms with Gasteiger partial charge in [0.1, 0.15) is 5.82 Å². The third-order valence-electron chi connectivity index (χ3n) is 3.93. The molecular weight excluding hydrogens is 263 g/mol. The summed E-state index contributed by atoms with van der Waals surface area (Å²) in [5, 5.41) is 3.50. The van der Waals surface area contributed by atoms with Crippen LogP contribution < -0.4 is 10.2 Å². The van der Waals surface area contributed by atoms with Crippen molar-refractivity contribution in [1.29, 1.82) is 0 Å². The van der Waals surface area contributed by atoms with Crippen molar-refractivity contribution in [3.8, 4) is 11.1 Å². The van der Waals surface area contributed by atoms with Gasteiger partial charge in [0.15, 0.2) is 0 Å². The Morgan fingerprint density at radius 1 is 1.10 bits per heavy atom. The first kappa shape index (κ1) is 14.1. The van der Waals surface area contributed by atoms with Crippen LogP contribution in [0.4, 0.5) is 10.1 Å². The second kappa shape index (κ2) is 5.86. The minimum atomic E-state index is -0.183. The van der Waals surface area contributed by atoms with Crippen molar-refractivity contribution in [3.63, 3.8) is 0 Å². The quantitative estimate of drug-likeness (QED) is 0.898. The molecule has 0 bridgehead atoms. The highest BCUT2D eigenvalue weighted by Gasteiger charge is 2.20. The Labute approximate surface area is 125 Å². The summed E-state index contributed by atoms with van der Waals surface area (Å²) in [7, 11) is 4.03. The van der Waals surface area contributed by atoms with Crippen LogP contribution in [0.5, 0.6) is 0 Å². The largest absolute Gasteiger partial charge is 0.378 e. The maximum Gasteiger partial charge on any atom is 0.123 e. The molecule has 0 aliphatic heterocycles. The molecule has 0 saturated heterocycles. The van der Waals surface area contributed by atoms with Crippen molar-refractivity contribution >= 4 is 5.69 Å². The Hall–Kier alpha value is -1.87. The predicted molar refractivity (Wildman–Crippen MR) is 86.0 cm³/mol. The second-order valence-electron chi connectivity index (χ2n) is 5.90. The average Bonchev–Trinajstić information content (AvgIpc) is 3.30. The molecule has 2 aromatic rings. The summed E-state index contributed by atoms with van der Waals surface area (Å²) >= 11 is 0. The molecular formula is C18H21FN2. The normalized spacial score (nSPS) is 14.2. The lowest BCUT2D eigenvalue weighted by Gasteiger charge is -2.14. The number of nitrogens with zero attached hydrogens (tertiary/aromatic N) is 1. The van der Waals surface area contributed by atoms with Gasteiger partial charge in [-0.05, 0) is 53.8 Å². The lowest BCUT2D eigenvalue weighted by molar-refractivity contribution is 0.625. The van der Waals surface area contributed by atoms with E-state index in [1.807, 2.05) is 20.2 Å². The van der Waals surface area contributed by atoms with Crippen molar-refractivity contribution in [2.75, 3.05) is 19.0 Å². The number of nitrogens with one attached hydrogen (secondary N) is 1. The van der Waals surface area contributed by atoms with Crippen molar-refractivity contribution in [1.82, 2.24) is 5.32 Å². The Balaban J connectivity index is 1.89. The summed E-state index contributed by atoms with van der Waals surface area (Å²) in [5.74, 6) is -0.183. The number of benzene rings is 2. The van der Waals surface area contributed by atoms with E-state index in [9.17, 15) is 4.39 Å². The lowest BCUT2D eigenvalue weighted by atomic mass is 9.99. The highest BCUT2D eigenvalue weighted by Crippen LogP contribution is 2.28. The van der Waals surface area contributed by atoms with Gasteiger partial charge in [-0.2, -0.15) is 0 Å². The van der Waals surface area contributed by atoms with Gasteiger partial charge in [0.2, 0.25) is 0 Å². The summed E-state index contributed by atoms with van der Waals surface area (Å²) in [4.78, 5) is 2.06. The number of hydrogen-bond acceptors (Lipinski definition) is 2. The van der Waals surface area contributed by atoms with E-state index in [1.54, 1.807) is 12.1 Å². The molecule has 1 fully saturated rings. The molecule has 0 radical (unpaired) electrons. The number of hydrogen-bond donors (Lipinski definition) is 1. The molecule has 0 spiro atoms. The molecule has 3 heteroatoms. The van der Waals surface area contributed by atoms with E-state index < -0.39 is 0 Å². The molecule has 0 heterocycles.